The van der Waals surface area contributed by atoms with Gasteiger partial charge in [0.05, 0.1) is 13.2 Å². The summed E-state index contributed by atoms with van der Waals surface area (Å²) in [5.74, 6) is -2.96. The first-order chi connectivity index (χ1) is 26.3. The van der Waals surface area contributed by atoms with E-state index in [-0.39, 0.29) is 5.69 Å². The van der Waals surface area contributed by atoms with Crippen molar-refractivity contribution in [2.45, 2.75) is 84.2 Å². The zero-order valence-electron chi connectivity index (χ0n) is 33.1. The van der Waals surface area contributed by atoms with E-state index in [4.69, 9.17) is 18.6 Å². The van der Waals surface area contributed by atoms with Gasteiger partial charge in [0.25, 0.3) is 14.2 Å². The number of thiazole rings is 1. The molecule has 0 bridgehead atoms. The Kier molecular flexibility index (Phi) is 14.3. The lowest BCUT2D eigenvalue weighted by Gasteiger charge is -2.45. The second-order valence-corrected chi connectivity index (χ2v) is 20.2. The Balaban J connectivity index is 1.56. The van der Waals surface area contributed by atoms with Crippen molar-refractivity contribution in [3.8, 4) is 10.6 Å². The number of rotatable bonds is 14. The Morgan fingerprint density at radius 2 is 1.39 bits per heavy atom. The van der Waals surface area contributed by atoms with Gasteiger partial charge in [-0.05, 0) is 67.4 Å². The van der Waals surface area contributed by atoms with Crippen LogP contribution in [0.4, 0.5) is 10.5 Å². The van der Waals surface area contributed by atoms with Crippen molar-refractivity contribution in [3.05, 3.63) is 96.0 Å². The number of esters is 2. The molecule has 0 aliphatic heterocycles. The van der Waals surface area contributed by atoms with E-state index in [0.717, 1.165) is 10.4 Å². The zero-order valence-corrected chi connectivity index (χ0v) is 34.9. The fourth-order valence-corrected chi connectivity index (χ4v) is 11.5. The van der Waals surface area contributed by atoms with Crippen LogP contribution in [0, 0.1) is 0 Å². The molecule has 4 rings (SSSR count). The number of carbonyl (C=O) groups is 5. The lowest BCUT2D eigenvalue weighted by Crippen LogP contribution is -2.69. The van der Waals surface area contributed by atoms with Crippen molar-refractivity contribution >= 4 is 65.6 Å². The van der Waals surface area contributed by atoms with Crippen LogP contribution >= 0.6 is 11.3 Å². The molecule has 0 saturated carbocycles. The summed E-state index contributed by atoms with van der Waals surface area (Å²) in [5.41, 5.74) is 0.540. The van der Waals surface area contributed by atoms with Crippen LogP contribution in [-0.2, 0) is 33.0 Å². The number of hydrogen-bond donors (Lipinski definition) is 3. The van der Waals surface area contributed by atoms with Crippen LogP contribution in [0.5, 0.6) is 0 Å². The van der Waals surface area contributed by atoms with Crippen LogP contribution in [0.2, 0.25) is 5.04 Å². The zero-order chi connectivity index (χ0) is 41.3. The average Bonchev–Trinajstić information content (AvgIpc) is 3.64. The number of methoxy groups -OCH3 is 1. The van der Waals surface area contributed by atoms with Crippen molar-refractivity contribution in [3.63, 3.8) is 0 Å². The van der Waals surface area contributed by atoms with Gasteiger partial charge in [0.2, 0.25) is 5.91 Å². The molecule has 3 atom stereocenters. The number of nitrogens with one attached hydrogen (secondary N) is 3. The van der Waals surface area contributed by atoms with Crippen LogP contribution in [0.3, 0.4) is 0 Å². The van der Waals surface area contributed by atoms with Crippen molar-refractivity contribution < 1.29 is 42.6 Å². The maximum absolute atomic E-state index is 13.9. The molecule has 0 aliphatic carbocycles. The summed E-state index contributed by atoms with van der Waals surface area (Å²) in [7, 11) is -1.98. The Labute approximate surface area is 332 Å². The smallest absolute Gasteiger partial charge is 0.412 e. The highest BCUT2D eigenvalue weighted by Crippen LogP contribution is 2.38. The first kappa shape index (κ1) is 43.3. The number of hydrogen-bond acceptors (Lipinski definition) is 11. The molecule has 4 aromatic rings. The summed E-state index contributed by atoms with van der Waals surface area (Å²) in [6, 6.07) is 23.7. The molecule has 3 amide bonds. The maximum atomic E-state index is 13.9. The van der Waals surface area contributed by atoms with Crippen molar-refractivity contribution in [1.82, 2.24) is 15.6 Å². The maximum Gasteiger partial charge on any atom is 0.412 e. The second kappa shape index (κ2) is 18.5. The number of anilines is 1. The molecule has 1 aromatic heterocycles. The highest BCUT2D eigenvalue weighted by Gasteiger charge is 2.52. The van der Waals surface area contributed by atoms with Gasteiger partial charge in [-0.1, -0.05) is 81.4 Å². The number of benzene rings is 3. The third kappa shape index (κ3) is 11.1. The van der Waals surface area contributed by atoms with Crippen molar-refractivity contribution in [1.29, 1.82) is 0 Å². The molecule has 13 nitrogen and oxygen atoms in total. The van der Waals surface area contributed by atoms with E-state index in [1.807, 2.05) is 60.7 Å². The molecule has 1 heterocycles. The summed E-state index contributed by atoms with van der Waals surface area (Å²) in [6.45, 7) is 13.9. The fraction of sp³-hybridized carbons (Fsp3) is 0.366. The molecule has 0 radical (unpaired) electrons. The molecule has 3 unspecified atom stereocenters. The number of amides is 3. The van der Waals surface area contributed by atoms with Crippen LogP contribution < -0.4 is 26.3 Å². The van der Waals surface area contributed by atoms with E-state index in [0.29, 0.717) is 16.3 Å². The van der Waals surface area contributed by atoms with Gasteiger partial charge in [-0.3, -0.25) is 19.7 Å². The molecular formula is C41H50N4O9SSi. The Morgan fingerprint density at radius 3 is 1.89 bits per heavy atom. The third-order valence-corrected chi connectivity index (χ3v) is 14.6. The highest BCUT2D eigenvalue weighted by molar-refractivity contribution is 7.13. The van der Waals surface area contributed by atoms with Crippen LogP contribution in [0.15, 0.2) is 90.3 Å². The van der Waals surface area contributed by atoms with Crippen LogP contribution in [0.25, 0.3) is 10.6 Å². The molecule has 298 valence electrons. The summed E-state index contributed by atoms with van der Waals surface area (Å²) < 4.78 is 22.7. The predicted octanol–water partition coefficient (Wildman–Crippen LogP) is 5.44. The summed E-state index contributed by atoms with van der Waals surface area (Å²) >= 11 is 1.19. The Morgan fingerprint density at radius 1 is 0.821 bits per heavy atom. The molecule has 0 aliphatic rings. The molecule has 0 saturated heterocycles. The number of carbonyl (C=O) groups excluding carboxylic acids is 5. The molecule has 3 aromatic carbocycles. The van der Waals surface area contributed by atoms with Gasteiger partial charge in [-0.2, -0.15) is 0 Å². The van der Waals surface area contributed by atoms with E-state index in [2.05, 4.69) is 41.7 Å². The standard InChI is InChI=1S/C41H50N4O9SSi/c1-26(54-56(41(6,7)8,30-16-12-10-13-17-30)31-18-14-11-15-19-31)34(38(49)51-9)45-35(47)32(24-52-27(2)46)43-36(48)33-25-55-37(44-33)28-20-22-29(23-21-28)42-39(50)53-40(3,4)5/h10-23,25-26,32,34H,24H2,1-9H3,(H,42,50)(H,43,48)(H,45,47). The number of ether oxygens (including phenoxy) is 3. The van der Waals surface area contributed by atoms with E-state index in [1.54, 1.807) is 52.0 Å². The fourth-order valence-electron chi connectivity index (χ4n) is 6.03. The van der Waals surface area contributed by atoms with E-state index < -0.39 is 73.6 Å². The summed E-state index contributed by atoms with van der Waals surface area (Å²) in [4.78, 5) is 69.3. The highest BCUT2D eigenvalue weighted by atomic mass is 32.1. The first-order valence-electron chi connectivity index (χ1n) is 18.0. The molecule has 56 heavy (non-hydrogen) atoms. The minimum absolute atomic E-state index is 0.00878. The van der Waals surface area contributed by atoms with Gasteiger partial charge in [0.15, 0.2) is 6.04 Å². The molecule has 0 spiro atoms. The monoisotopic (exact) mass is 802 g/mol. The van der Waals surface area contributed by atoms with E-state index >= 15 is 0 Å². The van der Waals surface area contributed by atoms with Crippen LogP contribution in [0.1, 0.15) is 65.9 Å². The lowest BCUT2D eigenvalue weighted by atomic mass is 10.1. The number of nitrogens with zero attached hydrogens (tertiary/aromatic N) is 1. The quantitative estimate of drug-likeness (QED) is 0.0848. The van der Waals surface area contributed by atoms with Gasteiger partial charge in [0, 0.05) is 23.6 Å². The summed E-state index contributed by atoms with van der Waals surface area (Å²) in [6.07, 6.45) is -1.51. The Hall–Kier alpha value is -5.38. The number of aromatic nitrogens is 1. The normalized spacial score (nSPS) is 13.4. The minimum atomic E-state index is -3.19. The van der Waals surface area contributed by atoms with Crippen molar-refractivity contribution in [2.75, 3.05) is 19.0 Å². The SMILES string of the molecule is COC(=O)C(NC(=O)C(COC(C)=O)NC(=O)c1csc(-c2ccc(NC(=O)OC(C)(C)C)cc2)n1)C(C)O[Si](c1ccccc1)(c1ccccc1)C(C)(C)C. The average molecular weight is 803 g/mol. The van der Waals surface area contributed by atoms with E-state index in [1.165, 1.54) is 30.8 Å². The van der Waals surface area contributed by atoms with Gasteiger partial charge < -0.3 is 29.3 Å². The predicted molar refractivity (Wildman–Crippen MR) is 217 cm³/mol. The molecular weight excluding hydrogens is 753 g/mol. The van der Waals surface area contributed by atoms with E-state index in [9.17, 15) is 24.0 Å². The van der Waals surface area contributed by atoms with Gasteiger partial charge in [0.1, 0.15) is 29.0 Å². The molecule has 3 N–H and O–H groups in total. The van der Waals surface area contributed by atoms with Crippen molar-refractivity contribution in [2.24, 2.45) is 0 Å². The topological polar surface area (TPSA) is 171 Å². The Bertz CT molecular complexity index is 1940. The van der Waals surface area contributed by atoms with Gasteiger partial charge in [-0.25, -0.2) is 14.6 Å². The summed E-state index contributed by atoms with van der Waals surface area (Å²) in [5, 5.41) is 11.5. The van der Waals surface area contributed by atoms with Gasteiger partial charge >= 0.3 is 18.0 Å². The van der Waals surface area contributed by atoms with Gasteiger partial charge in [-0.15, -0.1) is 11.3 Å². The lowest BCUT2D eigenvalue weighted by molar-refractivity contribution is -0.149. The first-order valence-corrected chi connectivity index (χ1v) is 20.8. The molecule has 0 fully saturated rings. The molecule has 15 heteroatoms. The largest absolute Gasteiger partial charge is 0.467 e. The third-order valence-electron chi connectivity index (χ3n) is 8.59. The van der Waals surface area contributed by atoms with Crippen LogP contribution in [-0.4, -0.2) is 80.7 Å². The second-order valence-electron chi connectivity index (χ2n) is 15.1. The minimum Gasteiger partial charge on any atom is -0.467 e.